The molecule has 2 rings (SSSR count). The van der Waals surface area contributed by atoms with Crippen molar-refractivity contribution in [2.45, 2.75) is 26.3 Å². The topological polar surface area (TPSA) is 29.5 Å². The number of carbonyl (C=O) groups is 1. The summed E-state index contributed by atoms with van der Waals surface area (Å²) in [5.41, 5.74) is 0.800. The maximum absolute atomic E-state index is 12.1. The van der Waals surface area contributed by atoms with E-state index >= 15 is 0 Å². The summed E-state index contributed by atoms with van der Waals surface area (Å²) in [5, 5.41) is 0. The van der Waals surface area contributed by atoms with Crippen LogP contribution >= 0.6 is 12.4 Å². The van der Waals surface area contributed by atoms with Gasteiger partial charge in [0.1, 0.15) is 11.5 Å². The molecule has 0 saturated carbocycles. The van der Waals surface area contributed by atoms with Crippen molar-refractivity contribution < 1.29 is 9.53 Å². The Morgan fingerprint density at radius 1 is 1.37 bits per heavy atom. The van der Waals surface area contributed by atoms with Gasteiger partial charge in [-0.1, -0.05) is 26.0 Å². The van der Waals surface area contributed by atoms with E-state index in [4.69, 9.17) is 4.74 Å². The van der Waals surface area contributed by atoms with Crippen LogP contribution in [0, 0.1) is 5.41 Å². The lowest BCUT2D eigenvalue weighted by Crippen LogP contribution is -2.47. The van der Waals surface area contributed by atoms with Crippen LogP contribution in [0.2, 0.25) is 0 Å². The molecular formula is C15H22ClNO2. The third-order valence-electron chi connectivity index (χ3n) is 3.94. The first-order valence-corrected chi connectivity index (χ1v) is 6.34. The quantitative estimate of drug-likeness (QED) is 0.835. The number of Topliss-reactive ketones (excluding diaryl/α,β-unsaturated/α-hetero) is 1. The molecule has 1 fully saturated rings. The Hall–Kier alpha value is -1.06. The van der Waals surface area contributed by atoms with Crippen LogP contribution in [0.25, 0.3) is 0 Å². The van der Waals surface area contributed by atoms with Gasteiger partial charge in [0.25, 0.3) is 0 Å². The molecule has 1 aliphatic rings. The molecular weight excluding hydrogens is 262 g/mol. The highest BCUT2D eigenvalue weighted by Gasteiger charge is 2.43. The van der Waals surface area contributed by atoms with Gasteiger partial charge in [-0.25, -0.2) is 0 Å². The Morgan fingerprint density at radius 3 is 2.68 bits per heavy atom. The SMILES string of the molecule is COc1cccc(C2N(C)CCC(=O)C2(C)C)c1.Cl. The first kappa shape index (κ1) is 16.0. The molecule has 0 spiro atoms. The van der Waals surface area contributed by atoms with Crippen LogP contribution in [-0.2, 0) is 4.79 Å². The number of carbonyl (C=O) groups excluding carboxylic acids is 1. The number of ether oxygens (including phenoxy) is 1. The second kappa shape index (κ2) is 5.93. The molecule has 1 aromatic carbocycles. The molecule has 0 aromatic heterocycles. The van der Waals surface area contributed by atoms with Gasteiger partial charge in [-0.3, -0.25) is 9.69 Å². The molecule has 19 heavy (non-hydrogen) atoms. The predicted octanol–water partition coefficient (Wildman–Crippen LogP) is 3.09. The first-order valence-electron chi connectivity index (χ1n) is 6.34. The van der Waals surface area contributed by atoms with Crippen molar-refractivity contribution in [2.75, 3.05) is 20.7 Å². The van der Waals surface area contributed by atoms with Crippen LogP contribution in [0.5, 0.6) is 5.75 Å². The molecule has 3 nitrogen and oxygen atoms in total. The number of rotatable bonds is 2. The zero-order valence-electron chi connectivity index (χ0n) is 12.0. The third-order valence-corrected chi connectivity index (χ3v) is 3.94. The maximum atomic E-state index is 12.1. The summed E-state index contributed by atoms with van der Waals surface area (Å²) in [4.78, 5) is 14.4. The summed E-state index contributed by atoms with van der Waals surface area (Å²) < 4.78 is 5.27. The smallest absolute Gasteiger partial charge is 0.141 e. The number of hydrogen-bond acceptors (Lipinski definition) is 3. The lowest BCUT2D eigenvalue weighted by molar-refractivity contribution is -0.135. The van der Waals surface area contributed by atoms with Crippen LogP contribution in [0.15, 0.2) is 24.3 Å². The molecule has 0 bridgehead atoms. The van der Waals surface area contributed by atoms with Crippen LogP contribution in [0.4, 0.5) is 0 Å². The summed E-state index contributed by atoms with van der Waals surface area (Å²) in [6, 6.07) is 8.14. The second-order valence-corrected chi connectivity index (χ2v) is 5.55. The zero-order valence-corrected chi connectivity index (χ0v) is 12.8. The molecule has 1 aromatic rings. The van der Waals surface area contributed by atoms with Crippen molar-refractivity contribution in [3.63, 3.8) is 0 Å². The minimum absolute atomic E-state index is 0. The van der Waals surface area contributed by atoms with Gasteiger partial charge in [0.2, 0.25) is 0 Å². The van der Waals surface area contributed by atoms with Gasteiger partial charge >= 0.3 is 0 Å². The van der Waals surface area contributed by atoms with E-state index in [2.05, 4.69) is 18.0 Å². The van der Waals surface area contributed by atoms with Crippen molar-refractivity contribution in [1.82, 2.24) is 4.90 Å². The number of methoxy groups -OCH3 is 1. The summed E-state index contributed by atoms with van der Waals surface area (Å²) in [7, 11) is 3.75. The minimum atomic E-state index is -0.348. The van der Waals surface area contributed by atoms with Gasteiger partial charge in [-0.2, -0.15) is 0 Å². The number of piperidine rings is 1. The zero-order chi connectivity index (χ0) is 13.3. The lowest BCUT2D eigenvalue weighted by Gasteiger charge is -2.44. The summed E-state index contributed by atoms with van der Waals surface area (Å²) >= 11 is 0. The molecule has 1 heterocycles. The minimum Gasteiger partial charge on any atom is -0.497 e. The number of likely N-dealkylation sites (tertiary alicyclic amines) is 1. The van der Waals surface area contributed by atoms with E-state index in [1.807, 2.05) is 32.0 Å². The highest BCUT2D eigenvalue weighted by atomic mass is 35.5. The molecule has 0 N–H and O–H groups in total. The van der Waals surface area contributed by atoms with E-state index in [9.17, 15) is 4.79 Å². The van der Waals surface area contributed by atoms with E-state index < -0.39 is 0 Å². The molecule has 0 amide bonds. The van der Waals surface area contributed by atoms with Crippen molar-refractivity contribution >= 4 is 18.2 Å². The Labute approximate surface area is 121 Å². The second-order valence-electron chi connectivity index (χ2n) is 5.55. The number of hydrogen-bond donors (Lipinski definition) is 0. The third kappa shape index (κ3) is 2.93. The molecule has 106 valence electrons. The van der Waals surface area contributed by atoms with Gasteiger partial charge in [-0.15, -0.1) is 12.4 Å². The van der Waals surface area contributed by atoms with Crippen LogP contribution in [-0.4, -0.2) is 31.4 Å². The van der Waals surface area contributed by atoms with Crippen LogP contribution in [0.1, 0.15) is 31.9 Å². The fraction of sp³-hybridized carbons (Fsp3) is 0.533. The fourth-order valence-corrected chi connectivity index (χ4v) is 2.92. The number of ketones is 1. The molecule has 0 radical (unpaired) electrons. The summed E-state index contributed by atoms with van der Waals surface area (Å²) in [6.07, 6.45) is 0.643. The molecule has 4 heteroatoms. The number of nitrogens with zero attached hydrogens (tertiary/aromatic N) is 1. The predicted molar refractivity (Wildman–Crippen MR) is 79.0 cm³/mol. The average Bonchev–Trinajstić information content (AvgIpc) is 2.34. The fourth-order valence-electron chi connectivity index (χ4n) is 2.92. The van der Waals surface area contributed by atoms with Gasteiger partial charge in [-0.05, 0) is 24.7 Å². The average molecular weight is 284 g/mol. The Bertz CT molecular complexity index is 459. The van der Waals surface area contributed by atoms with E-state index in [0.717, 1.165) is 17.9 Å². The van der Waals surface area contributed by atoms with Gasteiger partial charge in [0, 0.05) is 24.4 Å². The van der Waals surface area contributed by atoms with Crippen molar-refractivity contribution in [1.29, 1.82) is 0 Å². The number of benzene rings is 1. The first-order chi connectivity index (χ1) is 8.46. The van der Waals surface area contributed by atoms with Gasteiger partial charge < -0.3 is 4.74 Å². The van der Waals surface area contributed by atoms with E-state index in [0.29, 0.717) is 12.2 Å². The molecule has 1 atom stereocenters. The van der Waals surface area contributed by atoms with E-state index in [1.165, 1.54) is 0 Å². The largest absolute Gasteiger partial charge is 0.497 e. The van der Waals surface area contributed by atoms with Crippen molar-refractivity contribution in [3.05, 3.63) is 29.8 Å². The van der Waals surface area contributed by atoms with Crippen molar-refractivity contribution in [2.24, 2.45) is 5.41 Å². The maximum Gasteiger partial charge on any atom is 0.141 e. The monoisotopic (exact) mass is 283 g/mol. The Kier molecular flexibility index (Phi) is 4.99. The molecule has 1 unspecified atom stereocenters. The Morgan fingerprint density at radius 2 is 2.05 bits per heavy atom. The van der Waals surface area contributed by atoms with Crippen LogP contribution < -0.4 is 4.74 Å². The highest BCUT2D eigenvalue weighted by molar-refractivity contribution is 5.86. The lowest BCUT2D eigenvalue weighted by atomic mass is 9.72. The van der Waals surface area contributed by atoms with E-state index in [-0.39, 0.29) is 23.9 Å². The summed E-state index contributed by atoms with van der Waals surface area (Å²) in [5.74, 6) is 1.18. The normalized spacial score (nSPS) is 22.7. The van der Waals surface area contributed by atoms with Crippen LogP contribution in [0.3, 0.4) is 0 Å². The molecule has 1 aliphatic heterocycles. The van der Waals surface area contributed by atoms with Gasteiger partial charge in [0.15, 0.2) is 0 Å². The molecule has 1 saturated heterocycles. The summed E-state index contributed by atoms with van der Waals surface area (Å²) in [6.45, 7) is 4.90. The highest BCUT2D eigenvalue weighted by Crippen LogP contribution is 2.42. The Balaban J connectivity index is 0.00000180. The van der Waals surface area contributed by atoms with Gasteiger partial charge in [0.05, 0.1) is 7.11 Å². The number of halogens is 1. The standard InChI is InChI=1S/C15H21NO2.ClH/c1-15(2)13(17)8-9-16(3)14(15)11-6-5-7-12(10-11)18-4;/h5-7,10,14H,8-9H2,1-4H3;1H. The van der Waals surface area contributed by atoms with E-state index in [1.54, 1.807) is 7.11 Å². The van der Waals surface area contributed by atoms with Crippen molar-refractivity contribution in [3.8, 4) is 5.75 Å². The molecule has 0 aliphatic carbocycles.